The first kappa shape index (κ1) is 18.5. The average Bonchev–Trinajstić information content (AvgIpc) is 2.67. The van der Waals surface area contributed by atoms with Crippen molar-refractivity contribution in [1.29, 1.82) is 0 Å². The van der Waals surface area contributed by atoms with E-state index in [1.807, 2.05) is 34.6 Å². The number of hydrogen-bond acceptors (Lipinski definition) is 5. The summed E-state index contributed by atoms with van der Waals surface area (Å²) in [5.74, 6) is 0. The van der Waals surface area contributed by atoms with E-state index in [9.17, 15) is 9.90 Å². The summed E-state index contributed by atoms with van der Waals surface area (Å²) in [7, 11) is 0. The summed E-state index contributed by atoms with van der Waals surface area (Å²) in [4.78, 5) is 16.6. The van der Waals surface area contributed by atoms with Crippen LogP contribution in [0, 0.1) is 0 Å². The van der Waals surface area contributed by atoms with E-state index in [0.29, 0.717) is 19.4 Å². The van der Waals surface area contributed by atoms with Crippen molar-refractivity contribution < 1.29 is 19.4 Å². The Hall–Kier alpha value is -1.50. The van der Waals surface area contributed by atoms with E-state index in [2.05, 4.69) is 10.0 Å². The van der Waals surface area contributed by atoms with Gasteiger partial charge in [0.2, 0.25) is 0 Å². The van der Waals surface area contributed by atoms with Crippen LogP contribution in [-0.2, 0) is 9.47 Å². The molecule has 8 heteroatoms. The van der Waals surface area contributed by atoms with Crippen LogP contribution in [-0.4, -0.2) is 52.7 Å². The molecule has 0 bridgehead atoms. The van der Waals surface area contributed by atoms with E-state index in [1.165, 1.54) is 0 Å². The number of ether oxygens (including phenoxy) is 2. The first-order valence-corrected chi connectivity index (χ1v) is 7.42. The van der Waals surface area contributed by atoms with Gasteiger partial charge < -0.3 is 14.6 Å². The molecule has 0 spiro atoms. The largest absolute Gasteiger partial charge is 0.444 e. The molecular formula is C14H26N4O4. The van der Waals surface area contributed by atoms with Crippen molar-refractivity contribution in [3.8, 4) is 0 Å². The Morgan fingerprint density at radius 2 is 2.23 bits per heavy atom. The zero-order valence-corrected chi connectivity index (χ0v) is 13.9. The van der Waals surface area contributed by atoms with Crippen molar-refractivity contribution in [2.45, 2.75) is 70.9 Å². The van der Waals surface area contributed by atoms with Gasteiger partial charge in [-0.3, -0.25) is 4.90 Å². The highest BCUT2D eigenvalue weighted by Crippen LogP contribution is 2.31. The second-order valence-electron chi connectivity index (χ2n) is 6.91. The molecule has 1 aliphatic rings. The minimum atomic E-state index is -0.747. The van der Waals surface area contributed by atoms with E-state index in [0.717, 1.165) is 0 Å². The minimum absolute atomic E-state index is 0.0277. The SMILES string of the molecule is CC(C)(C)OC(=O)N1[C@@H](CC[C@H](O)CN=[N+]=[N-])COC1(C)C. The van der Waals surface area contributed by atoms with Gasteiger partial charge in [-0.25, -0.2) is 4.79 Å². The lowest BCUT2D eigenvalue weighted by atomic mass is 10.1. The Morgan fingerprint density at radius 1 is 1.59 bits per heavy atom. The smallest absolute Gasteiger partial charge is 0.412 e. The van der Waals surface area contributed by atoms with Crippen LogP contribution < -0.4 is 0 Å². The lowest BCUT2D eigenvalue weighted by molar-refractivity contribution is -0.0629. The van der Waals surface area contributed by atoms with Crippen LogP contribution in [0.3, 0.4) is 0 Å². The van der Waals surface area contributed by atoms with Crippen LogP contribution in [0.5, 0.6) is 0 Å². The number of rotatable bonds is 5. The molecule has 8 nitrogen and oxygen atoms in total. The molecule has 0 saturated carbocycles. The number of carbonyl (C=O) groups excluding carboxylic acids is 1. The molecule has 2 atom stereocenters. The molecule has 1 saturated heterocycles. The third-order valence-corrected chi connectivity index (χ3v) is 3.35. The highest BCUT2D eigenvalue weighted by molar-refractivity contribution is 5.69. The van der Waals surface area contributed by atoms with E-state index in [-0.39, 0.29) is 12.6 Å². The van der Waals surface area contributed by atoms with Crippen LogP contribution in [0.15, 0.2) is 5.11 Å². The number of aliphatic hydroxyl groups excluding tert-OH is 1. The molecule has 0 aromatic heterocycles. The van der Waals surface area contributed by atoms with Gasteiger partial charge in [0.25, 0.3) is 0 Å². The average molecular weight is 314 g/mol. The second kappa shape index (κ2) is 7.17. The second-order valence-corrected chi connectivity index (χ2v) is 6.91. The molecular weight excluding hydrogens is 288 g/mol. The highest BCUT2D eigenvalue weighted by atomic mass is 16.6. The zero-order valence-electron chi connectivity index (χ0n) is 13.9. The molecule has 1 N–H and O–H groups in total. The number of nitrogens with zero attached hydrogens (tertiary/aromatic N) is 4. The van der Waals surface area contributed by atoms with Crippen molar-refractivity contribution in [2.75, 3.05) is 13.2 Å². The third-order valence-electron chi connectivity index (χ3n) is 3.35. The van der Waals surface area contributed by atoms with E-state index in [1.54, 1.807) is 4.90 Å². The zero-order chi connectivity index (χ0) is 17.0. The number of aliphatic hydroxyl groups is 1. The predicted octanol–water partition coefficient (Wildman–Crippen LogP) is 2.81. The van der Waals surface area contributed by atoms with Crippen LogP contribution in [0.25, 0.3) is 10.4 Å². The van der Waals surface area contributed by atoms with Crippen LogP contribution >= 0.6 is 0 Å². The van der Waals surface area contributed by atoms with Gasteiger partial charge in [0.1, 0.15) is 11.3 Å². The van der Waals surface area contributed by atoms with E-state index < -0.39 is 23.5 Å². The lowest BCUT2D eigenvalue weighted by Gasteiger charge is -2.35. The van der Waals surface area contributed by atoms with Gasteiger partial charge in [-0.1, -0.05) is 5.11 Å². The van der Waals surface area contributed by atoms with Gasteiger partial charge in [0.05, 0.1) is 25.3 Å². The molecule has 126 valence electrons. The molecule has 1 aliphatic heterocycles. The molecule has 1 fully saturated rings. The standard InChI is InChI=1S/C14H26N4O4/c1-13(2,3)22-12(20)18-10(9-21-14(18,4)5)6-7-11(19)8-16-17-15/h10-11,19H,6-9H2,1-5H3/t10-,11-/m0/s1. The summed E-state index contributed by atoms with van der Waals surface area (Å²) in [5, 5.41) is 13.1. The van der Waals surface area contributed by atoms with Gasteiger partial charge >= 0.3 is 6.09 Å². The van der Waals surface area contributed by atoms with Gasteiger partial charge in [-0.2, -0.15) is 0 Å². The van der Waals surface area contributed by atoms with Gasteiger partial charge in [-0.15, -0.1) is 0 Å². The topological polar surface area (TPSA) is 108 Å². The maximum absolute atomic E-state index is 12.4. The normalized spacial score (nSPS) is 22.1. The molecule has 0 aliphatic carbocycles. The third kappa shape index (κ3) is 5.36. The Kier molecular flexibility index (Phi) is 6.05. The highest BCUT2D eigenvalue weighted by Gasteiger charge is 2.45. The summed E-state index contributed by atoms with van der Waals surface area (Å²) in [6.45, 7) is 9.48. The number of hydrogen-bond donors (Lipinski definition) is 1. The molecule has 0 aromatic rings. The van der Waals surface area contributed by atoms with Gasteiger partial charge in [0.15, 0.2) is 0 Å². The van der Waals surface area contributed by atoms with Crippen molar-refractivity contribution in [3.05, 3.63) is 10.4 Å². The van der Waals surface area contributed by atoms with Crippen LogP contribution in [0.1, 0.15) is 47.5 Å². The summed E-state index contributed by atoms with van der Waals surface area (Å²) in [6.07, 6.45) is -0.183. The van der Waals surface area contributed by atoms with Crippen LogP contribution in [0.4, 0.5) is 4.79 Å². The number of azide groups is 1. The fourth-order valence-corrected chi connectivity index (χ4v) is 2.38. The molecule has 0 unspecified atom stereocenters. The van der Waals surface area contributed by atoms with E-state index >= 15 is 0 Å². The fraction of sp³-hybridized carbons (Fsp3) is 0.929. The summed E-state index contributed by atoms with van der Waals surface area (Å²) >= 11 is 0. The maximum Gasteiger partial charge on any atom is 0.412 e. The van der Waals surface area contributed by atoms with Crippen molar-refractivity contribution in [2.24, 2.45) is 5.11 Å². The molecule has 0 radical (unpaired) electrons. The quantitative estimate of drug-likeness (QED) is 0.478. The first-order chi connectivity index (χ1) is 10.1. The summed E-state index contributed by atoms with van der Waals surface area (Å²) in [6, 6.07) is -0.175. The minimum Gasteiger partial charge on any atom is -0.444 e. The fourth-order valence-electron chi connectivity index (χ4n) is 2.38. The van der Waals surface area contributed by atoms with E-state index in [4.69, 9.17) is 15.0 Å². The molecule has 0 aromatic carbocycles. The van der Waals surface area contributed by atoms with Gasteiger partial charge in [0, 0.05) is 4.91 Å². The monoisotopic (exact) mass is 314 g/mol. The summed E-state index contributed by atoms with van der Waals surface area (Å²) < 4.78 is 11.1. The Morgan fingerprint density at radius 3 is 2.77 bits per heavy atom. The van der Waals surface area contributed by atoms with Crippen molar-refractivity contribution >= 4 is 6.09 Å². The summed E-state index contributed by atoms with van der Waals surface area (Å²) in [5.41, 5.74) is 6.92. The predicted molar refractivity (Wildman–Crippen MR) is 81.1 cm³/mol. The molecule has 1 amide bonds. The Balaban J connectivity index is 2.69. The molecule has 22 heavy (non-hydrogen) atoms. The maximum atomic E-state index is 12.4. The number of carbonyl (C=O) groups is 1. The Labute approximate surface area is 131 Å². The lowest BCUT2D eigenvalue weighted by Crippen LogP contribution is -2.50. The first-order valence-electron chi connectivity index (χ1n) is 7.42. The Bertz CT molecular complexity index is 441. The number of amides is 1. The van der Waals surface area contributed by atoms with Crippen LogP contribution in [0.2, 0.25) is 0 Å². The van der Waals surface area contributed by atoms with Crippen molar-refractivity contribution in [3.63, 3.8) is 0 Å². The molecule has 1 heterocycles. The van der Waals surface area contributed by atoms with Gasteiger partial charge in [-0.05, 0) is 53.0 Å². The van der Waals surface area contributed by atoms with Crippen molar-refractivity contribution in [1.82, 2.24) is 4.90 Å². The molecule has 1 rings (SSSR count).